The van der Waals surface area contributed by atoms with Gasteiger partial charge in [0.1, 0.15) is 17.5 Å². The minimum atomic E-state index is -1.20. The van der Waals surface area contributed by atoms with E-state index in [2.05, 4.69) is 14.8 Å². The minimum absolute atomic E-state index is 0.0471. The van der Waals surface area contributed by atoms with E-state index in [1.54, 1.807) is 11.0 Å². The number of nitrogens with two attached hydrogens (primary N) is 1. The SMILES string of the molecule is NC(=O)Oc1c(F)nn2ccc(N3CCC[C@@H]3c3cc(F)ccc3F)nc12. The van der Waals surface area contributed by atoms with Crippen LogP contribution in [0.3, 0.4) is 0 Å². The van der Waals surface area contributed by atoms with E-state index in [0.717, 1.165) is 29.1 Å². The van der Waals surface area contributed by atoms with Gasteiger partial charge in [-0.1, -0.05) is 0 Å². The summed E-state index contributed by atoms with van der Waals surface area (Å²) < 4.78 is 47.5. The van der Waals surface area contributed by atoms with E-state index in [0.29, 0.717) is 18.8 Å². The molecule has 2 aromatic heterocycles. The predicted octanol–water partition coefficient (Wildman–Crippen LogP) is 2.95. The summed E-state index contributed by atoms with van der Waals surface area (Å²) in [5.41, 5.74) is 5.13. The molecule has 0 aliphatic carbocycles. The van der Waals surface area contributed by atoms with Crippen LogP contribution < -0.4 is 15.4 Å². The van der Waals surface area contributed by atoms with E-state index in [4.69, 9.17) is 5.73 Å². The molecule has 1 saturated heterocycles. The van der Waals surface area contributed by atoms with Crippen molar-refractivity contribution < 1.29 is 22.7 Å². The van der Waals surface area contributed by atoms with Gasteiger partial charge in [-0.2, -0.15) is 4.39 Å². The van der Waals surface area contributed by atoms with Crippen molar-refractivity contribution in [2.24, 2.45) is 5.73 Å². The summed E-state index contributed by atoms with van der Waals surface area (Å²) >= 11 is 0. The molecule has 0 bridgehead atoms. The number of ether oxygens (including phenoxy) is 1. The third kappa shape index (κ3) is 3.03. The van der Waals surface area contributed by atoms with Crippen LogP contribution in [-0.2, 0) is 0 Å². The molecule has 1 fully saturated rings. The Bertz CT molecular complexity index is 1040. The van der Waals surface area contributed by atoms with Crippen molar-refractivity contribution in [3.05, 3.63) is 53.6 Å². The molecular weight excluding hydrogens is 363 g/mol. The Hall–Kier alpha value is -3.30. The Kier molecular flexibility index (Phi) is 4.09. The average molecular weight is 377 g/mol. The van der Waals surface area contributed by atoms with E-state index in [-0.39, 0.29) is 11.2 Å². The minimum Gasteiger partial charge on any atom is -0.401 e. The first-order valence-corrected chi connectivity index (χ1v) is 8.18. The van der Waals surface area contributed by atoms with Gasteiger partial charge in [0.05, 0.1) is 6.04 Å². The Morgan fingerprint density at radius 2 is 2.07 bits per heavy atom. The first-order valence-electron chi connectivity index (χ1n) is 8.18. The van der Waals surface area contributed by atoms with Gasteiger partial charge in [0, 0.05) is 18.3 Å². The third-order valence-electron chi connectivity index (χ3n) is 4.46. The summed E-state index contributed by atoms with van der Waals surface area (Å²) in [6.45, 7) is 0.548. The van der Waals surface area contributed by atoms with Crippen molar-refractivity contribution in [2.45, 2.75) is 18.9 Å². The van der Waals surface area contributed by atoms with Crippen LogP contribution >= 0.6 is 0 Å². The molecule has 0 unspecified atom stereocenters. The molecule has 3 heterocycles. The summed E-state index contributed by atoms with van der Waals surface area (Å²) in [5, 5.41) is 3.56. The van der Waals surface area contributed by atoms with E-state index < -0.39 is 35.5 Å². The number of primary amides is 1. The van der Waals surface area contributed by atoms with Crippen LogP contribution in [0.4, 0.5) is 23.8 Å². The number of aromatic nitrogens is 3. The molecule has 1 aliphatic heterocycles. The Morgan fingerprint density at radius 3 is 2.85 bits per heavy atom. The molecule has 3 aromatic rings. The lowest BCUT2D eigenvalue weighted by Gasteiger charge is -2.26. The Balaban J connectivity index is 1.76. The molecule has 1 aromatic carbocycles. The maximum atomic E-state index is 14.2. The van der Waals surface area contributed by atoms with E-state index in [9.17, 15) is 18.0 Å². The first-order chi connectivity index (χ1) is 12.9. The number of halogens is 3. The number of fused-ring (bicyclic) bond motifs is 1. The summed E-state index contributed by atoms with van der Waals surface area (Å²) in [5.74, 6) is -2.17. The van der Waals surface area contributed by atoms with Gasteiger partial charge in [0.15, 0.2) is 0 Å². The van der Waals surface area contributed by atoms with Crippen LogP contribution in [0.2, 0.25) is 0 Å². The first kappa shape index (κ1) is 17.1. The number of rotatable bonds is 3. The summed E-state index contributed by atoms with van der Waals surface area (Å²) in [6, 6.07) is 4.46. The zero-order valence-electron chi connectivity index (χ0n) is 13.9. The van der Waals surface area contributed by atoms with E-state index >= 15 is 0 Å². The monoisotopic (exact) mass is 377 g/mol. The summed E-state index contributed by atoms with van der Waals surface area (Å²) in [7, 11) is 0. The highest BCUT2D eigenvalue weighted by molar-refractivity contribution is 5.72. The quantitative estimate of drug-likeness (QED) is 0.759. The largest absolute Gasteiger partial charge is 0.410 e. The molecule has 10 heteroatoms. The number of hydrogen-bond donors (Lipinski definition) is 1. The fraction of sp³-hybridized carbons (Fsp3) is 0.235. The fourth-order valence-electron chi connectivity index (χ4n) is 3.36. The zero-order valence-corrected chi connectivity index (χ0v) is 13.9. The number of carbonyl (C=O) groups is 1. The number of anilines is 1. The van der Waals surface area contributed by atoms with Crippen LogP contribution in [0.15, 0.2) is 30.5 Å². The van der Waals surface area contributed by atoms with Gasteiger partial charge in [-0.15, -0.1) is 5.10 Å². The lowest BCUT2D eigenvalue weighted by Crippen LogP contribution is -2.24. The number of hydrogen-bond acceptors (Lipinski definition) is 5. The molecule has 2 N–H and O–H groups in total. The van der Waals surface area contributed by atoms with Crippen LogP contribution in [0.5, 0.6) is 5.75 Å². The van der Waals surface area contributed by atoms with Gasteiger partial charge < -0.3 is 15.4 Å². The maximum absolute atomic E-state index is 14.2. The highest BCUT2D eigenvalue weighted by atomic mass is 19.1. The lowest BCUT2D eigenvalue weighted by atomic mass is 10.0. The maximum Gasteiger partial charge on any atom is 0.410 e. The number of benzene rings is 1. The van der Waals surface area contributed by atoms with Gasteiger partial charge in [0.25, 0.3) is 5.95 Å². The van der Waals surface area contributed by atoms with E-state index in [1.165, 1.54) is 6.20 Å². The summed E-state index contributed by atoms with van der Waals surface area (Å²) in [4.78, 5) is 17.1. The third-order valence-corrected chi connectivity index (χ3v) is 4.46. The van der Waals surface area contributed by atoms with Crippen LogP contribution in [0.1, 0.15) is 24.4 Å². The molecule has 0 saturated carbocycles. The molecule has 0 radical (unpaired) electrons. The normalized spacial score (nSPS) is 16.9. The molecular formula is C17H14F3N5O2. The Morgan fingerprint density at radius 1 is 1.26 bits per heavy atom. The standard InChI is InChI=1S/C17H14F3N5O2/c18-9-3-4-11(19)10(8-9)12-2-1-6-24(12)13-5-7-25-16(22-13)14(15(20)23-25)27-17(21)26/h3-5,7-8,12H,1-2,6H2,(H2,21,26)/t12-/m1/s1. The number of carbonyl (C=O) groups excluding carboxylic acids is 1. The second kappa shape index (κ2) is 6.45. The van der Waals surface area contributed by atoms with Crippen molar-refractivity contribution >= 4 is 17.6 Å². The Labute approximate surface area is 151 Å². The lowest BCUT2D eigenvalue weighted by molar-refractivity contribution is 0.209. The van der Waals surface area contributed by atoms with Gasteiger partial charge >= 0.3 is 6.09 Å². The highest BCUT2D eigenvalue weighted by Gasteiger charge is 2.30. The van der Waals surface area contributed by atoms with Crippen LogP contribution in [0.25, 0.3) is 5.65 Å². The van der Waals surface area contributed by atoms with E-state index in [1.807, 2.05) is 0 Å². The molecule has 1 atom stereocenters. The smallest absolute Gasteiger partial charge is 0.401 e. The summed E-state index contributed by atoms with van der Waals surface area (Å²) in [6.07, 6.45) is 1.58. The van der Waals surface area contributed by atoms with Gasteiger partial charge in [-0.05, 0) is 37.1 Å². The van der Waals surface area contributed by atoms with Crippen molar-refractivity contribution in [3.63, 3.8) is 0 Å². The van der Waals surface area contributed by atoms with Gasteiger partial charge in [-0.25, -0.2) is 23.1 Å². The molecule has 27 heavy (non-hydrogen) atoms. The van der Waals surface area contributed by atoms with Gasteiger partial charge in [0.2, 0.25) is 11.4 Å². The second-order valence-corrected chi connectivity index (χ2v) is 6.11. The highest BCUT2D eigenvalue weighted by Crippen LogP contribution is 2.37. The zero-order chi connectivity index (χ0) is 19.1. The van der Waals surface area contributed by atoms with Crippen LogP contribution in [0, 0.1) is 17.6 Å². The molecule has 0 spiro atoms. The fourth-order valence-corrected chi connectivity index (χ4v) is 3.36. The number of nitrogens with zero attached hydrogens (tertiary/aromatic N) is 4. The van der Waals surface area contributed by atoms with Crippen molar-refractivity contribution in [2.75, 3.05) is 11.4 Å². The van der Waals surface area contributed by atoms with Gasteiger partial charge in [-0.3, -0.25) is 0 Å². The van der Waals surface area contributed by atoms with Crippen LogP contribution in [-0.4, -0.2) is 27.2 Å². The molecule has 1 aliphatic rings. The van der Waals surface area contributed by atoms with Crippen molar-refractivity contribution in [1.29, 1.82) is 0 Å². The van der Waals surface area contributed by atoms with Crippen molar-refractivity contribution in [1.82, 2.24) is 14.6 Å². The predicted molar refractivity (Wildman–Crippen MR) is 88.8 cm³/mol. The molecule has 7 nitrogen and oxygen atoms in total. The second-order valence-electron chi connectivity index (χ2n) is 6.11. The molecule has 140 valence electrons. The molecule has 1 amide bonds. The topological polar surface area (TPSA) is 85.8 Å². The number of amides is 1. The average Bonchev–Trinajstić information content (AvgIpc) is 3.22. The van der Waals surface area contributed by atoms with Crippen molar-refractivity contribution in [3.8, 4) is 5.75 Å². The molecule has 4 rings (SSSR count).